The summed E-state index contributed by atoms with van der Waals surface area (Å²) in [5, 5.41) is 1.09. The Morgan fingerprint density at radius 3 is 2.63 bits per heavy atom. The quantitative estimate of drug-likeness (QED) is 0.935. The molecule has 5 nitrogen and oxygen atoms in total. The Labute approximate surface area is 120 Å². The van der Waals surface area contributed by atoms with Gasteiger partial charge in [0, 0.05) is 4.90 Å². The van der Waals surface area contributed by atoms with E-state index in [9.17, 15) is 0 Å². The van der Waals surface area contributed by atoms with Crippen LogP contribution in [0, 0.1) is 0 Å². The molecular weight excluding hydrogens is 284 g/mol. The van der Waals surface area contributed by atoms with Crippen LogP contribution in [0.2, 0.25) is 5.02 Å². The van der Waals surface area contributed by atoms with Gasteiger partial charge in [-0.15, -0.1) is 0 Å². The van der Waals surface area contributed by atoms with Gasteiger partial charge in [-0.25, -0.2) is 0 Å². The van der Waals surface area contributed by atoms with Crippen LogP contribution in [0.3, 0.4) is 0 Å². The lowest BCUT2D eigenvalue weighted by Gasteiger charge is -2.09. The number of benzene rings is 1. The number of rotatable bonds is 4. The molecule has 0 aliphatic rings. The maximum atomic E-state index is 6.08. The van der Waals surface area contributed by atoms with Crippen molar-refractivity contribution in [2.75, 3.05) is 5.73 Å². The first-order chi connectivity index (χ1) is 9.04. The van der Waals surface area contributed by atoms with E-state index in [0.29, 0.717) is 10.2 Å². The zero-order chi connectivity index (χ0) is 13.8. The molecule has 0 saturated heterocycles. The molecule has 1 aromatic carbocycles. The Balaban J connectivity index is 2.25. The van der Waals surface area contributed by atoms with Gasteiger partial charge >= 0.3 is 6.01 Å². The largest absolute Gasteiger partial charge is 0.461 e. The SMILES string of the molecule is CC(C)Oc1nc(N)nc(Sc2ccccc2Cl)n1. The van der Waals surface area contributed by atoms with Gasteiger partial charge in [0.2, 0.25) is 11.1 Å². The molecule has 0 saturated carbocycles. The Bertz CT molecular complexity index is 579. The molecule has 0 radical (unpaired) electrons. The highest BCUT2D eigenvalue weighted by molar-refractivity contribution is 7.99. The van der Waals surface area contributed by atoms with Gasteiger partial charge in [0.1, 0.15) is 0 Å². The van der Waals surface area contributed by atoms with Crippen LogP contribution < -0.4 is 10.5 Å². The molecule has 2 rings (SSSR count). The molecule has 2 aromatic rings. The van der Waals surface area contributed by atoms with E-state index in [-0.39, 0.29) is 18.1 Å². The van der Waals surface area contributed by atoms with Crippen molar-refractivity contribution in [3.05, 3.63) is 29.3 Å². The summed E-state index contributed by atoms with van der Waals surface area (Å²) in [6.07, 6.45) is -0.0278. The molecule has 0 spiro atoms. The summed E-state index contributed by atoms with van der Waals surface area (Å²) >= 11 is 7.40. The molecule has 0 atom stereocenters. The third kappa shape index (κ3) is 3.97. The van der Waals surface area contributed by atoms with E-state index in [2.05, 4.69) is 15.0 Å². The summed E-state index contributed by atoms with van der Waals surface area (Å²) in [4.78, 5) is 13.0. The van der Waals surface area contributed by atoms with Crippen LogP contribution in [0.25, 0.3) is 0 Å². The predicted molar refractivity (Wildman–Crippen MR) is 75.6 cm³/mol. The van der Waals surface area contributed by atoms with E-state index in [4.69, 9.17) is 22.1 Å². The number of nitrogen functional groups attached to an aromatic ring is 1. The van der Waals surface area contributed by atoms with Gasteiger partial charge in [0.05, 0.1) is 11.1 Å². The average molecular weight is 297 g/mol. The first kappa shape index (κ1) is 13.9. The van der Waals surface area contributed by atoms with Crippen LogP contribution in [0.1, 0.15) is 13.8 Å². The van der Waals surface area contributed by atoms with Gasteiger partial charge in [0.25, 0.3) is 0 Å². The van der Waals surface area contributed by atoms with Crippen molar-refractivity contribution in [3.63, 3.8) is 0 Å². The van der Waals surface area contributed by atoms with Crippen LogP contribution in [-0.4, -0.2) is 21.1 Å². The third-order valence-corrected chi connectivity index (χ3v) is 3.37. The van der Waals surface area contributed by atoms with Crippen LogP contribution in [0.5, 0.6) is 6.01 Å². The maximum Gasteiger partial charge on any atom is 0.322 e. The van der Waals surface area contributed by atoms with Gasteiger partial charge in [-0.2, -0.15) is 15.0 Å². The van der Waals surface area contributed by atoms with E-state index in [0.717, 1.165) is 4.90 Å². The number of nitrogens with zero attached hydrogens (tertiary/aromatic N) is 3. The summed E-state index contributed by atoms with van der Waals surface area (Å²) in [5.41, 5.74) is 5.64. The first-order valence-corrected chi connectivity index (χ1v) is 6.84. The van der Waals surface area contributed by atoms with E-state index in [1.807, 2.05) is 32.0 Å². The molecule has 0 aliphatic heterocycles. The van der Waals surface area contributed by atoms with E-state index >= 15 is 0 Å². The smallest absolute Gasteiger partial charge is 0.322 e. The van der Waals surface area contributed by atoms with Gasteiger partial charge in [-0.1, -0.05) is 23.7 Å². The average Bonchev–Trinajstić information content (AvgIpc) is 2.30. The van der Waals surface area contributed by atoms with Crippen molar-refractivity contribution in [3.8, 4) is 6.01 Å². The van der Waals surface area contributed by atoms with Crippen molar-refractivity contribution in [2.45, 2.75) is 30.0 Å². The van der Waals surface area contributed by atoms with E-state index in [1.165, 1.54) is 11.8 Å². The molecule has 1 aromatic heterocycles. The topological polar surface area (TPSA) is 73.9 Å². The number of aromatic nitrogens is 3. The number of halogens is 1. The molecule has 0 fully saturated rings. The van der Waals surface area contributed by atoms with Crippen molar-refractivity contribution in [1.29, 1.82) is 0 Å². The Morgan fingerprint density at radius 1 is 1.21 bits per heavy atom. The summed E-state index contributed by atoms with van der Waals surface area (Å²) < 4.78 is 5.42. The summed E-state index contributed by atoms with van der Waals surface area (Å²) in [6, 6.07) is 7.67. The Kier molecular flexibility index (Phi) is 4.44. The lowest BCUT2D eigenvalue weighted by atomic mass is 10.4. The van der Waals surface area contributed by atoms with Gasteiger partial charge in [-0.05, 0) is 37.7 Å². The number of ether oxygens (including phenoxy) is 1. The Morgan fingerprint density at radius 2 is 1.95 bits per heavy atom. The molecule has 1 heterocycles. The molecule has 2 N–H and O–H groups in total. The zero-order valence-electron chi connectivity index (χ0n) is 10.5. The second kappa shape index (κ2) is 6.08. The lowest BCUT2D eigenvalue weighted by Crippen LogP contribution is -2.10. The van der Waals surface area contributed by atoms with Crippen LogP contribution in [-0.2, 0) is 0 Å². The molecule has 0 unspecified atom stereocenters. The maximum absolute atomic E-state index is 6.08. The molecule has 100 valence electrons. The molecular formula is C12H13ClN4OS. The molecule has 19 heavy (non-hydrogen) atoms. The normalized spacial score (nSPS) is 10.7. The summed E-state index contributed by atoms with van der Waals surface area (Å²) in [6.45, 7) is 3.78. The highest BCUT2D eigenvalue weighted by Crippen LogP contribution is 2.31. The van der Waals surface area contributed by atoms with Gasteiger partial charge in [-0.3, -0.25) is 0 Å². The number of nitrogens with two attached hydrogens (primary N) is 1. The second-order valence-electron chi connectivity index (χ2n) is 3.96. The molecule has 0 bridgehead atoms. The second-order valence-corrected chi connectivity index (χ2v) is 5.37. The van der Waals surface area contributed by atoms with Crippen molar-refractivity contribution in [1.82, 2.24) is 15.0 Å². The highest BCUT2D eigenvalue weighted by atomic mass is 35.5. The third-order valence-electron chi connectivity index (χ3n) is 1.99. The van der Waals surface area contributed by atoms with E-state index < -0.39 is 0 Å². The van der Waals surface area contributed by atoms with Crippen molar-refractivity contribution in [2.24, 2.45) is 0 Å². The monoisotopic (exact) mass is 296 g/mol. The highest BCUT2D eigenvalue weighted by Gasteiger charge is 2.10. The van der Waals surface area contributed by atoms with Gasteiger partial charge in [0.15, 0.2) is 0 Å². The number of anilines is 1. The molecule has 0 aliphatic carbocycles. The summed E-state index contributed by atoms with van der Waals surface area (Å²) in [7, 11) is 0. The fourth-order valence-electron chi connectivity index (χ4n) is 1.29. The van der Waals surface area contributed by atoms with Gasteiger partial charge < -0.3 is 10.5 Å². The zero-order valence-corrected chi connectivity index (χ0v) is 12.1. The molecule has 7 heteroatoms. The minimum absolute atomic E-state index is 0.0278. The fourth-order valence-corrected chi connectivity index (χ4v) is 2.31. The fraction of sp³-hybridized carbons (Fsp3) is 0.250. The van der Waals surface area contributed by atoms with Crippen LogP contribution in [0.15, 0.2) is 34.3 Å². The van der Waals surface area contributed by atoms with E-state index in [1.54, 1.807) is 6.07 Å². The number of hydrogen-bond acceptors (Lipinski definition) is 6. The Hall–Kier alpha value is -1.53. The summed E-state index contributed by atoms with van der Waals surface area (Å²) in [5.74, 6) is 0.125. The lowest BCUT2D eigenvalue weighted by molar-refractivity contribution is 0.219. The minimum atomic E-state index is -0.0278. The van der Waals surface area contributed by atoms with Crippen molar-refractivity contribution < 1.29 is 4.74 Å². The molecule has 0 amide bonds. The minimum Gasteiger partial charge on any atom is -0.461 e. The standard InChI is InChI=1S/C12H13ClN4OS/c1-7(2)18-11-15-10(14)16-12(17-11)19-9-6-4-3-5-8(9)13/h3-7H,1-2H3,(H2,14,15,16,17). The van der Waals surface area contributed by atoms with Crippen molar-refractivity contribution >= 4 is 29.3 Å². The first-order valence-electron chi connectivity index (χ1n) is 5.65. The van der Waals surface area contributed by atoms with Crippen LogP contribution >= 0.6 is 23.4 Å². The predicted octanol–water partition coefficient (Wildman–Crippen LogP) is 3.05. The van der Waals surface area contributed by atoms with Crippen LogP contribution in [0.4, 0.5) is 5.95 Å². The number of hydrogen-bond donors (Lipinski definition) is 1.